The quantitative estimate of drug-likeness (QED) is 0.560. The van der Waals surface area contributed by atoms with Gasteiger partial charge in [0.25, 0.3) is 5.89 Å². The first-order chi connectivity index (χ1) is 11.8. The van der Waals surface area contributed by atoms with Gasteiger partial charge in [-0.3, -0.25) is 4.98 Å². The van der Waals surface area contributed by atoms with Crippen molar-refractivity contribution in [1.82, 2.24) is 20.2 Å². The van der Waals surface area contributed by atoms with Crippen LogP contribution in [0.1, 0.15) is 7.12 Å². The second-order valence-corrected chi connectivity index (χ2v) is 5.33. The molecular formula is C19H16N4O. The molecule has 2 aromatic carbocycles. The minimum absolute atomic E-state index is 0. The molecule has 2 heterocycles. The smallest absolute Gasteiger partial charge is 0.268 e. The summed E-state index contributed by atoms with van der Waals surface area (Å²) in [6.45, 7) is 1.88. The van der Waals surface area contributed by atoms with Crippen LogP contribution in [-0.4, -0.2) is 20.2 Å². The van der Waals surface area contributed by atoms with Crippen LogP contribution in [0, 0.1) is 6.92 Å². The minimum atomic E-state index is 0. The first-order valence-electron chi connectivity index (χ1n) is 7.59. The topological polar surface area (TPSA) is 64.7 Å². The maximum Gasteiger partial charge on any atom is 0.268 e. The lowest BCUT2D eigenvalue weighted by molar-refractivity contribution is 0.581. The molecular weight excluding hydrogens is 300 g/mol. The van der Waals surface area contributed by atoms with Crippen molar-refractivity contribution in [3.63, 3.8) is 0 Å². The summed E-state index contributed by atoms with van der Waals surface area (Å²) in [6, 6.07) is 19.6. The molecule has 0 unspecified atom stereocenters. The lowest BCUT2D eigenvalue weighted by atomic mass is 10.1. The third kappa shape index (κ3) is 2.67. The van der Waals surface area contributed by atoms with Crippen LogP contribution in [0.15, 0.2) is 71.3 Å². The fourth-order valence-corrected chi connectivity index (χ4v) is 2.42. The van der Waals surface area contributed by atoms with Gasteiger partial charge in [-0.15, -0.1) is 10.2 Å². The molecule has 0 aliphatic rings. The third-order valence-electron chi connectivity index (χ3n) is 3.67. The van der Waals surface area contributed by atoms with E-state index in [1.807, 2.05) is 67.6 Å². The van der Waals surface area contributed by atoms with Gasteiger partial charge in [-0.05, 0) is 19.1 Å². The molecule has 5 heteroatoms. The van der Waals surface area contributed by atoms with Gasteiger partial charge in [0.05, 0.1) is 17.6 Å². The summed E-state index contributed by atoms with van der Waals surface area (Å²) in [5, 5.41) is 8.26. The van der Waals surface area contributed by atoms with Crippen LogP contribution in [-0.2, 0) is 0 Å². The number of hydrogen-bond acceptors (Lipinski definition) is 5. The Bertz CT molecular complexity index is 971. The van der Waals surface area contributed by atoms with Crippen molar-refractivity contribution in [3.8, 4) is 34.3 Å². The Hall–Kier alpha value is -3.34. The molecule has 0 aliphatic carbocycles. The summed E-state index contributed by atoms with van der Waals surface area (Å²) in [6.07, 6.45) is 1.75. The molecule has 0 atom stereocenters. The van der Waals surface area contributed by atoms with Gasteiger partial charge in [-0.1, -0.05) is 48.5 Å². The van der Waals surface area contributed by atoms with Gasteiger partial charge < -0.3 is 4.42 Å². The van der Waals surface area contributed by atoms with Crippen LogP contribution in [0.3, 0.4) is 0 Å². The van der Waals surface area contributed by atoms with Gasteiger partial charge in [0.2, 0.25) is 5.89 Å². The molecule has 0 fully saturated rings. The Kier molecular flexibility index (Phi) is 3.59. The van der Waals surface area contributed by atoms with Crippen LogP contribution in [0.25, 0.3) is 34.3 Å². The predicted octanol–water partition coefficient (Wildman–Crippen LogP) is 4.42. The molecule has 0 spiro atoms. The van der Waals surface area contributed by atoms with E-state index in [-0.39, 0.29) is 1.43 Å². The highest BCUT2D eigenvalue weighted by atomic mass is 16.4. The average Bonchev–Trinajstić information content (AvgIpc) is 3.13. The van der Waals surface area contributed by atoms with Crippen LogP contribution in [0.2, 0.25) is 0 Å². The van der Waals surface area contributed by atoms with E-state index in [2.05, 4.69) is 20.2 Å². The molecule has 24 heavy (non-hydrogen) atoms. The second kappa shape index (κ2) is 6.04. The summed E-state index contributed by atoms with van der Waals surface area (Å²) in [4.78, 5) is 9.08. The summed E-state index contributed by atoms with van der Waals surface area (Å²) in [5.74, 6) is 0.841. The highest BCUT2D eigenvalue weighted by Crippen LogP contribution is 2.26. The average molecular weight is 316 g/mol. The Balaban J connectivity index is 0.00000182. The summed E-state index contributed by atoms with van der Waals surface area (Å²) >= 11 is 0. The number of rotatable bonds is 3. The van der Waals surface area contributed by atoms with E-state index in [4.69, 9.17) is 4.42 Å². The maximum absolute atomic E-state index is 5.80. The molecule has 0 amide bonds. The van der Waals surface area contributed by atoms with Gasteiger partial charge in [0, 0.05) is 12.6 Å². The first-order valence-corrected chi connectivity index (χ1v) is 7.59. The van der Waals surface area contributed by atoms with Gasteiger partial charge in [-0.25, -0.2) is 4.98 Å². The predicted molar refractivity (Wildman–Crippen MR) is 93.0 cm³/mol. The standard InChI is InChI=1S/C19H14N4O.H2/c1-13-17(21-16(12-20-13)14-8-4-2-5-9-14)19-23-22-18(24-19)15-10-6-3-7-11-15;/h2-12H,1H3;1H. The first kappa shape index (κ1) is 14.3. The molecule has 0 radical (unpaired) electrons. The zero-order chi connectivity index (χ0) is 16.4. The maximum atomic E-state index is 5.80. The number of benzene rings is 2. The Labute approximate surface area is 140 Å². The number of aromatic nitrogens is 4. The third-order valence-corrected chi connectivity index (χ3v) is 3.67. The zero-order valence-electron chi connectivity index (χ0n) is 13.0. The van der Waals surface area contributed by atoms with Gasteiger partial charge >= 0.3 is 0 Å². The van der Waals surface area contributed by atoms with Crippen LogP contribution in [0.5, 0.6) is 0 Å². The van der Waals surface area contributed by atoms with Crippen molar-refractivity contribution in [2.24, 2.45) is 0 Å². The van der Waals surface area contributed by atoms with Crippen LogP contribution in [0.4, 0.5) is 0 Å². The Morgan fingerprint density at radius 1 is 0.792 bits per heavy atom. The van der Waals surface area contributed by atoms with E-state index in [1.165, 1.54) is 0 Å². The van der Waals surface area contributed by atoms with Crippen molar-refractivity contribution >= 4 is 0 Å². The van der Waals surface area contributed by atoms with Crippen molar-refractivity contribution in [1.29, 1.82) is 0 Å². The minimum Gasteiger partial charge on any atom is -0.415 e. The van der Waals surface area contributed by atoms with Crippen molar-refractivity contribution in [2.45, 2.75) is 6.92 Å². The van der Waals surface area contributed by atoms with Crippen molar-refractivity contribution in [3.05, 3.63) is 72.6 Å². The molecule has 4 rings (SSSR count). The van der Waals surface area contributed by atoms with Crippen LogP contribution < -0.4 is 0 Å². The highest BCUT2D eigenvalue weighted by Gasteiger charge is 2.15. The zero-order valence-corrected chi connectivity index (χ0v) is 13.0. The number of aryl methyl sites for hydroxylation is 1. The second-order valence-electron chi connectivity index (χ2n) is 5.33. The summed E-state index contributed by atoms with van der Waals surface area (Å²) < 4.78 is 5.80. The van der Waals surface area contributed by atoms with E-state index in [1.54, 1.807) is 6.20 Å². The van der Waals surface area contributed by atoms with Crippen molar-refractivity contribution < 1.29 is 5.84 Å². The van der Waals surface area contributed by atoms with E-state index >= 15 is 0 Å². The van der Waals surface area contributed by atoms with E-state index < -0.39 is 0 Å². The molecule has 118 valence electrons. The molecule has 2 aromatic heterocycles. The SMILES string of the molecule is Cc1ncc(-c2ccccc2)nc1-c1nnc(-c2ccccc2)o1.[HH]. The van der Waals surface area contributed by atoms with Gasteiger partial charge in [-0.2, -0.15) is 0 Å². The Morgan fingerprint density at radius 3 is 2.12 bits per heavy atom. The highest BCUT2D eigenvalue weighted by molar-refractivity contribution is 5.63. The monoisotopic (exact) mass is 316 g/mol. The fourth-order valence-electron chi connectivity index (χ4n) is 2.42. The molecule has 5 nitrogen and oxygen atoms in total. The van der Waals surface area contributed by atoms with E-state index in [0.717, 1.165) is 22.5 Å². The lowest BCUT2D eigenvalue weighted by Gasteiger charge is -2.04. The van der Waals surface area contributed by atoms with Gasteiger partial charge in [0.1, 0.15) is 5.69 Å². The molecule has 0 bridgehead atoms. The molecule has 0 N–H and O–H groups in total. The normalized spacial score (nSPS) is 10.7. The summed E-state index contributed by atoms with van der Waals surface area (Å²) in [7, 11) is 0. The largest absolute Gasteiger partial charge is 0.415 e. The van der Waals surface area contributed by atoms with Crippen LogP contribution >= 0.6 is 0 Å². The molecule has 0 saturated heterocycles. The lowest BCUT2D eigenvalue weighted by Crippen LogP contribution is -1.95. The van der Waals surface area contributed by atoms with E-state index in [9.17, 15) is 0 Å². The number of hydrogen-bond donors (Lipinski definition) is 0. The van der Waals surface area contributed by atoms with E-state index in [0.29, 0.717) is 17.5 Å². The number of nitrogens with zero attached hydrogens (tertiary/aromatic N) is 4. The summed E-state index contributed by atoms with van der Waals surface area (Å²) in [5.41, 5.74) is 4.00. The van der Waals surface area contributed by atoms with Gasteiger partial charge in [0.15, 0.2) is 0 Å². The molecule has 0 aliphatic heterocycles. The van der Waals surface area contributed by atoms with Crippen molar-refractivity contribution in [2.75, 3.05) is 0 Å². The fraction of sp³-hybridized carbons (Fsp3) is 0.0526. The Morgan fingerprint density at radius 2 is 1.42 bits per heavy atom. The molecule has 0 saturated carbocycles. The molecule has 4 aromatic rings.